The second-order valence-electron chi connectivity index (χ2n) is 5.12. The SMILES string of the molecule is COc1ccc(C(N)=O)cc1OCCc1cccc(CCO)c1. The lowest BCUT2D eigenvalue weighted by atomic mass is 10.1. The average molecular weight is 315 g/mol. The van der Waals surface area contributed by atoms with Crippen molar-refractivity contribution in [1.82, 2.24) is 0 Å². The van der Waals surface area contributed by atoms with Crippen molar-refractivity contribution in [3.05, 3.63) is 59.2 Å². The van der Waals surface area contributed by atoms with Crippen LogP contribution < -0.4 is 15.2 Å². The lowest BCUT2D eigenvalue weighted by Crippen LogP contribution is -2.11. The van der Waals surface area contributed by atoms with E-state index in [4.69, 9.17) is 20.3 Å². The third kappa shape index (κ3) is 4.72. The molecule has 5 nitrogen and oxygen atoms in total. The fraction of sp³-hybridized carbons (Fsp3) is 0.278. The van der Waals surface area contributed by atoms with Gasteiger partial charge in [-0.2, -0.15) is 0 Å². The van der Waals surface area contributed by atoms with Gasteiger partial charge in [-0.15, -0.1) is 0 Å². The van der Waals surface area contributed by atoms with Gasteiger partial charge >= 0.3 is 0 Å². The highest BCUT2D eigenvalue weighted by Crippen LogP contribution is 2.28. The van der Waals surface area contributed by atoms with Crippen LogP contribution >= 0.6 is 0 Å². The van der Waals surface area contributed by atoms with Crippen LogP contribution in [0.4, 0.5) is 0 Å². The first kappa shape index (κ1) is 16.8. The Labute approximate surface area is 135 Å². The molecule has 1 amide bonds. The number of carbonyl (C=O) groups is 1. The molecule has 0 spiro atoms. The molecule has 122 valence electrons. The Morgan fingerprint density at radius 3 is 2.48 bits per heavy atom. The van der Waals surface area contributed by atoms with Gasteiger partial charge in [-0.25, -0.2) is 0 Å². The van der Waals surface area contributed by atoms with Crippen LogP contribution in [0.2, 0.25) is 0 Å². The van der Waals surface area contributed by atoms with Gasteiger partial charge in [-0.1, -0.05) is 24.3 Å². The van der Waals surface area contributed by atoms with Gasteiger partial charge in [0, 0.05) is 18.6 Å². The van der Waals surface area contributed by atoms with Crippen LogP contribution in [0.3, 0.4) is 0 Å². The number of hydrogen-bond acceptors (Lipinski definition) is 4. The summed E-state index contributed by atoms with van der Waals surface area (Å²) in [5.41, 5.74) is 7.89. The van der Waals surface area contributed by atoms with E-state index in [1.807, 2.05) is 18.2 Å². The van der Waals surface area contributed by atoms with Crippen LogP contribution in [0.5, 0.6) is 11.5 Å². The van der Waals surface area contributed by atoms with Crippen molar-refractivity contribution in [3.63, 3.8) is 0 Å². The highest BCUT2D eigenvalue weighted by Gasteiger charge is 2.09. The molecule has 2 aromatic rings. The molecule has 2 rings (SSSR count). The summed E-state index contributed by atoms with van der Waals surface area (Å²) >= 11 is 0. The number of carbonyl (C=O) groups excluding carboxylic acids is 1. The Morgan fingerprint density at radius 1 is 1.09 bits per heavy atom. The minimum atomic E-state index is -0.505. The molecule has 0 aromatic heterocycles. The Bertz CT molecular complexity index is 670. The molecule has 5 heteroatoms. The van der Waals surface area contributed by atoms with Crippen molar-refractivity contribution in [1.29, 1.82) is 0 Å². The summed E-state index contributed by atoms with van der Waals surface area (Å²) in [6.07, 6.45) is 1.35. The molecular formula is C18H21NO4. The molecule has 0 aliphatic heterocycles. The number of aliphatic hydroxyl groups excluding tert-OH is 1. The van der Waals surface area contributed by atoms with E-state index in [1.54, 1.807) is 25.3 Å². The van der Waals surface area contributed by atoms with Gasteiger partial charge in [0.1, 0.15) is 0 Å². The number of nitrogens with two attached hydrogens (primary N) is 1. The predicted molar refractivity (Wildman–Crippen MR) is 87.9 cm³/mol. The van der Waals surface area contributed by atoms with Crippen molar-refractivity contribution >= 4 is 5.91 Å². The van der Waals surface area contributed by atoms with Crippen LogP contribution in [0.15, 0.2) is 42.5 Å². The average Bonchev–Trinajstić information content (AvgIpc) is 2.55. The first-order valence-electron chi connectivity index (χ1n) is 7.43. The van der Waals surface area contributed by atoms with E-state index in [0.29, 0.717) is 36.5 Å². The van der Waals surface area contributed by atoms with Crippen molar-refractivity contribution < 1.29 is 19.4 Å². The van der Waals surface area contributed by atoms with Crippen LogP contribution in [0, 0.1) is 0 Å². The van der Waals surface area contributed by atoms with Gasteiger partial charge in [0.15, 0.2) is 11.5 Å². The zero-order chi connectivity index (χ0) is 16.7. The van der Waals surface area contributed by atoms with Gasteiger partial charge < -0.3 is 20.3 Å². The van der Waals surface area contributed by atoms with E-state index < -0.39 is 5.91 Å². The zero-order valence-electron chi connectivity index (χ0n) is 13.1. The quantitative estimate of drug-likeness (QED) is 0.780. The van der Waals surface area contributed by atoms with Crippen LogP contribution in [0.25, 0.3) is 0 Å². The molecule has 0 fully saturated rings. The molecular weight excluding hydrogens is 294 g/mol. The topological polar surface area (TPSA) is 81.8 Å². The molecule has 0 radical (unpaired) electrons. The molecule has 23 heavy (non-hydrogen) atoms. The van der Waals surface area contributed by atoms with Crippen molar-refractivity contribution in [2.75, 3.05) is 20.3 Å². The normalized spacial score (nSPS) is 10.3. The summed E-state index contributed by atoms with van der Waals surface area (Å²) in [5.74, 6) is 0.550. The second-order valence-corrected chi connectivity index (χ2v) is 5.12. The maximum Gasteiger partial charge on any atom is 0.248 e. The van der Waals surface area contributed by atoms with E-state index in [0.717, 1.165) is 11.1 Å². The molecule has 3 N–H and O–H groups in total. The van der Waals surface area contributed by atoms with E-state index in [9.17, 15) is 4.79 Å². The maximum atomic E-state index is 11.3. The van der Waals surface area contributed by atoms with Crippen molar-refractivity contribution in [2.45, 2.75) is 12.8 Å². The molecule has 0 atom stereocenters. The van der Waals surface area contributed by atoms with E-state index in [-0.39, 0.29) is 6.61 Å². The van der Waals surface area contributed by atoms with Crippen molar-refractivity contribution in [3.8, 4) is 11.5 Å². The Hall–Kier alpha value is -2.53. The molecule has 2 aromatic carbocycles. The summed E-state index contributed by atoms with van der Waals surface area (Å²) in [4.78, 5) is 11.3. The summed E-state index contributed by atoms with van der Waals surface area (Å²) in [7, 11) is 1.55. The second kappa shape index (κ2) is 8.19. The van der Waals surface area contributed by atoms with Gasteiger partial charge in [0.05, 0.1) is 13.7 Å². The van der Waals surface area contributed by atoms with Gasteiger partial charge in [0.2, 0.25) is 5.91 Å². The standard InChI is InChI=1S/C18H21NO4/c1-22-16-6-5-15(18(19)21)12-17(16)23-10-8-14-4-2-3-13(11-14)7-9-20/h2-6,11-12,20H,7-10H2,1H3,(H2,19,21). The molecule has 0 aliphatic carbocycles. The zero-order valence-corrected chi connectivity index (χ0v) is 13.1. The molecule has 0 saturated carbocycles. The number of amides is 1. The largest absolute Gasteiger partial charge is 0.493 e. The fourth-order valence-corrected chi connectivity index (χ4v) is 2.29. The van der Waals surface area contributed by atoms with Crippen LogP contribution in [-0.4, -0.2) is 31.3 Å². The highest BCUT2D eigenvalue weighted by atomic mass is 16.5. The Morgan fingerprint density at radius 2 is 1.83 bits per heavy atom. The maximum absolute atomic E-state index is 11.3. The van der Waals surface area contributed by atoms with Gasteiger partial charge in [0.25, 0.3) is 0 Å². The number of rotatable bonds is 8. The summed E-state index contributed by atoms with van der Waals surface area (Å²) in [6.45, 7) is 0.582. The first-order valence-corrected chi connectivity index (χ1v) is 7.43. The number of hydrogen-bond donors (Lipinski definition) is 2. The molecule has 0 unspecified atom stereocenters. The number of aliphatic hydroxyl groups is 1. The number of primary amides is 1. The van der Waals surface area contributed by atoms with E-state index >= 15 is 0 Å². The predicted octanol–water partition coefficient (Wildman–Crippen LogP) is 1.95. The lowest BCUT2D eigenvalue weighted by Gasteiger charge is -2.12. The third-order valence-electron chi connectivity index (χ3n) is 3.49. The molecule has 0 bridgehead atoms. The third-order valence-corrected chi connectivity index (χ3v) is 3.49. The van der Waals surface area contributed by atoms with Gasteiger partial charge in [-0.05, 0) is 35.7 Å². The number of ether oxygens (including phenoxy) is 2. The molecule has 0 heterocycles. The molecule has 0 aliphatic rings. The summed E-state index contributed by atoms with van der Waals surface area (Å²) in [5, 5.41) is 8.99. The molecule has 0 saturated heterocycles. The Kier molecular flexibility index (Phi) is 6.00. The van der Waals surface area contributed by atoms with E-state index in [2.05, 4.69) is 6.07 Å². The first-order chi connectivity index (χ1) is 11.1. The monoisotopic (exact) mass is 315 g/mol. The minimum Gasteiger partial charge on any atom is -0.493 e. The van der Waals surface area contributed by atoms with Crippen LogP contribution in [0.1, 0.15) is 21.5 Å². The summed E-state index contributed by atoms with van der Waals surface area (Å²) in [6, 6.07) is 12.9. The smallest absolute Gasteiger partial charge is 0.248 e. The fourth-order valence-electron chi connectivity index (χ4n) is 2.29. The van der Waals surface area contributed by atoms with Crippen molar-refractivity contribution in [2.24, 2.45) is 5.73 Å². The highest BCUT2D eigenvalue weighted by molar-refractivity contribution is 5.93. The Balaban J connectivity index is 2.01. The number of benzene rings is 2. The van der Waals surface area contributed by atoms with Gasteiger partial charge in [-0.3, -0.25) is 4.79 Å². The van der Waals surface area contributed by atoms with E-state index in [1.165, 1.54) is 0 Å². The minimum absolute atomic E-state index is 0.136. The van der Waals surface area contributed by atoms with Crippen LogP contribution in [-0.2, 0) is 12.8 Å². The number of methoxy groups -OCH3 is 1. The lowest BCUT2D eigenvalue weighted by molar-refractivity contribution is 0.0999. The summed E-state index contributed by atoms with van der Waals surface area (Å²) < 4.78 is 11.0.